The predicted molar refractivity (Wildman–Crippen MR) is 98.2 cm³/mol. The van der Waals surface area contributed by atoms with E-state index in [9.17, 15) is 0 Å². The molecule has 27 heavy (non-hydrogen) atoms. The van der Waals surface area contributed by atoms with E-state index in [4.69, 9.17) is 4.84 Å². The lowest BCUT2D eigenvalue weighted by atomic mass is 10.1. The van der Waals surface area contributed by atoms with E-state index in [0.717, 1.165) is 5.56 Å². The molecule has 0 saturated heterocycles. The van der Waals surface area contributed by atoms with E-state index >= 15 is 0 Å². The van der Waals surface area contributed by atoms with E-state index in [1.54, 1.807) is 13.1 Å². The van der Waals surface area contributed by atoms with Crippen LogP contribution >= 0.6 is 0 Å². The van der Waals surface area contributed by atoms with Gasteiger partial charge in [0, 0.05) is 12.6 Å². The summed E-state index contributed by atoms with van der Waals surface area (Å²) in [4.78, 5) is 18.7. The van der Waals surface area contributed by atoms with Crippen LogP contribution in [0.15, 0.2) is 58.7 Å². The highest BCUT2D eigenvalue weighted by atomic mass is 16.6. The van der Waals surface area contributed by atoms with Crippen molar-refractivity contribution < 1.29 is 9.68 Å². The van der Waals surface area contributed by atoms with Gasteiger partial charge in [-0.25, -0.2) is 14.7 Å². The Labute approximate surface area is 155 Å². The number of aromatic nitrogens is 5. The van der Waals surface area contributed by atoms with Crippen LogP contribution in [0.4, 0.5) is 5.82 Å². The molecule has 0 amide bonds. The summed E-state index contributed by atoms with van der Waals surface area (Å²) in [6.45, 7) is 0.169. The lowest BCUT2D eigenvalue weighted by Crippen LogP contribution is -2.12. The normalized spacial score (nSPS) is 11.7. The first-order valence-corrected chi connectivity index (χ1v) is 8.03. The Hall–Kier alpha value is -3.66. The number of tetrazole rings is 1. The molecular weight excluding hydrogens is 348 g/mol. The first-order valence-electron chi connectivity index (χ1n) is 8.03. The first-order chi connectivity index (χ1) is 13.3. The molecule has 0 spiro atoms. The number of hydrogen-bond donors (Lipinski definition) is 1. The molecule has 0 fully saturated rings. The minimum atomic E-state index is 0.169. The van der Waals surface area contributed by atoms with Crippen LogP contribution in [0.2, 0.25) is 0 Å². The van der Waals surface area contributed by atoms with Crippen LogP contribution in [0, 0.1) is 0 Å². The second-order valence-corrected chi connectivity index (χ2v) is 5.27. The molecule has 0 aliphatic carbocycles. The van der Waals surface area contributed by atoms with Crippen LogP contribution in [0.1, 0.15) is 17.1 Å². The third-order valence-corrected chi connectivity index (χ3v) is 3.41. The summed E-state index contributed by atoms with van der Waals surface area (Å²) in [6, 6.07) is 15.0. The Morgan fingerprint density at radius 3 is 2.78 bits per heavy atom. The number of hydrogen-bond acceptors (Lipinski definition) is 8. The standard InChI is InChI=1S/C17H18N8O2/c1-25-17(21-23-24-25)16(13-7-4-3-5-8-13)22-27-11-14-9-6-10-15(20-14)18-12-19-26-2/h3-10,12H,11H2,1-2H3,(H,18,19,20)/b22-16-. The second kappa shape index (κ2) is 9.15. The summed E-state index contributed by atoms with van der Waals surface area (Å²) in [6.07, 6.45) is 1.40. The van der Waals surface area contributed by atoms with Gasteiger partial charge in [-0.3, -0.25) is 10.3 Å². The quantitative estimate of drug-likeness (QED) is 0.364. The van der Waals surface area contributed by atoms with Gasteiger partial charge in [0.05, 0.1) is 12.8 Å². The molecule has 3 aromatic rings. The largest absolute Gasteiger partial charge is 0.389 e. The van der Waals surface area contributed by atoms with Crippen LogP contribution in [-0.2, 0) is 23.3 Å². The Bertz CT molecular complexity index is 923. The maximum absolute atomic E-state index is 5.52. The Balaban J connectivity index is 1.76. The zero-order valence-corrected chi connectivity index (χ0v) is 14.9. The fraction of sp³-hybridized carbons (Fsp3) is 0.176. The van der Waals surface area contributed by atoms with Gasteiger partial charge in [-0.1, -0.05) is 41.6 Å². The topological polar surface area (TPSA) is 112 Å². The molecule has 138 valence electrons. The van der Waals surface area contributed by atoms with Gasteiger partial charge in [-0.2, -0.15) is 0 Å². The number of nitrogens with zero attached hydrogens (tertiary/aromatic N) is 7. The molecule has 3 rings (SSSR count). The second-order valence-electron chi connectivity index (χ2n) is 5.27. The molecule has 1 aromatic carbocycles. The van der Waals surface area contributed by atoms with E-state index in [2.05, 4.69) is 41.0 Å². The molecule has 10 nitrogen and oxygen atoms in total. The van der Waals surface area contributed by atoms with Gasteiger partial charge in [-0.05, 0) is 22.6 Å². The Morgan fingerprint density at radius 2 is 2.04 bits per heavy atom. The van der Waals surface area contributed by atoms with Gasteiger partial charge >= 0.3 is 0 Å². The van der Waals surface area contributed by atoms with E-state index in [-0.39, 0.29) is 6.61 Å². The smallest absolute Gasteiger partial charge is 0.204 e. The molecular formula is C17H18N8O2. The molecule has 2 heterocycles. The van der Waals surface area contributed by atoms with Gasteiger partial charge in [0.2, 0.25) is 5.82 Å². The van der Waals surface area contributed by atoms with Crippen molar-refractivity contribution in [1.82, 2.24) is 30.7 Å². The molecule has 0 bridgehead atoms. The van der Waals surface area contributed by atoms with Crippen LogP contribution in [0.3, 0.4) is 0 Å². The molecule has 0 saturated carbocycles. The molecule has 0 aliphatic heterocycles. The number of aryl methyl sites for hydroxylation is 1. The highest BCUT2D eigenvalue weighted by Gasteiger charge is 2.14. The van der Waals surface area contributed by atoms with Gasteiger partial charge < -0.3 is 4.84 Å². The number of benzene rings is 1. The van der Waals surface area contributed by atoms with E-state index in [1.807, 2.05) is 42.5 Å². The predicted octanol–water partition coefficient (Wildman–Crippen LogP) is 1.39. The molecule has 0 atom stereocenters. The highest BCUT2D eigenvalue weighted by Crippen LogP contribution is 2.11. The molecule has 2 aromatic heterocycles. The lowest BCUT2D eigenvalue weighted by molar-refractivity contribution is 0.128. The summed E-state index contributed by atoms with van der Waals surface area (Å²) in [7, 11) is 3.24. The van der Waals surface area contributed by atoms with Crippen LogP contribution in [0.25, 0.3) is 0 Å². The van der Waals surface area contributed by atoms with E-state index in [1.165, 1.54) is 18.1 Å². The molecule has 0 unspecified atom stereocenters. The van der Waals surface area contributed by atoms with Crippen molar-refractivity contribution in [2.45, 2.75) is 6.61 Å². The molecule has 10 heteroatoms. The van der Waals surface area contributed by atoms with Crippen molar-refractivity contribution in [3.05, 3.63) is 65.6 Å². The monoisotopic (exact) mass is 366 g/mol. The number of oxime groups is 1. The van der Waals surface area contributed by atoms with Crippen LogP contribution < -0.4 is 5.48 Å². The third kappa shape index (κ3) is 4.92. The average Bonchev–Trinajstić information content (AvgIpc) is 3.12. The highest BCUT2D eigenvalue weighted by molar-refractivity contribution is 6.10. The lowest BCUT2D eigenvalue weighted by Gasteiger charge is -2.06. The number of hydroxylamine groups is 1. The van der Waals surface area contributed by atoms with Crippen molar-refractivity contribution in [1.29, 1.82) is 0 Å². The molecule has 1 N–H and O–H groups in total. The van der Waals surface area contributed by atoms with Crippen molar-refractivity contribution in [3.63, 3.8) is 0 Å². The number of rotatable bonds is 8. The van der Waals surface area contributed by atoms with E-state index < -0.39 is 0 Å². The van der Waals surface area contributed by atoms with Crippen molar-refractivity contribution >= 4 is 17.9 Å². The average molecular weight is 366 g/mol. The summed E-state index contributed by atoms with van der Waals surface area (Å²) >= 11 is 0. The van der Waals surface area contributed by atoms with Crippen LogP contribution in [-0.4, -0.2) is 44.4 Å². The summed E-state index contributed by atoms with van der Waals surface area (Å²) in [5.41, 5.74) is 4.55. The summed E-state index contributed by atoms with van der Waals surface area (Å²) < 4.78 is 1.53. The van der Waals surface area contributed by atoms with Gasteiger partial charge in [0.15, 0.2) is 18.1 Å². The van der Waals surface area contributed by atoms with Crippen molar-refractivity contribution in [2.75, 3.05) is 7.11 Å². The van der Waals surface area contributed by atoms with Gasteiger partial charge in [-0.15, -0.1) is 5.10 Å². The minimum Gasteiger partial charge on any atom is -0.389 e. The summed E-state index contributed by atoms with van der Waals surface area (Å²) in [5, 5.41) is 15.8. The maximum Gasteiger partial charge on any atom is 0.204 e. The minimum absolute atomic E-state index is 0.169. The fourth-order valence-corrected chi connectivity index (χ4v) is 2.18. The van der Waals surface area contributed by atoms with Crippen molar-refractivity contribution in [3.8, 4) is 0 Å². The number of nitrogens with one attached hydrogen (secondary N) is 1. The number of aliphatic imine (C=N–C) groups is 1. The Kier molecular flexibility index (Phi) is 6.15. The third-order valence-electron chi connectivity index (χ3n) is 3.41. The molecule has 0 aliphatic rings. The number of pyridine rings is 1. The summed E-state index contributed by atoms with van der Waals surface area (Å²) in [5.74, 6) is 1.02. The zero-order valence-electron chi connectivity index (χ0n) is 14.9. The van der Waals surface area contributed by atoms with E-state index in [0.29, 0.717) is 23.0 Å². The first kappa shape index (κ1) is 18.1. The fourth-order valence-electron chi connectivity index (χ4n) is 2.18. The van der Waals surface area contributed by atoms with Crippen LogP contribution in [0.5, 0.6) is 0 Å². The maximum atomic E-state index is 5.52. The van der Waals surface area contributed by atoms with Crippen molar-refractivity contribution in [2.24, 2.45) is 17.2 Å². The molecule has 0 radical (unpaired) electrons. The van der Waals surface area contributed by atoms with Gasteiger partial charge in [0.25, 0.3) is 0 Å². The SMILES string of the molecule is CON/C=N/c1cccc(CO/N=C(/c2ccccc2)c2nnnn2C)n1. The van der Waals surface area contributed by atoms with Gasteiger partial charge in [0.1, 0.15) is 6.34 Å². The zero-order chi connectivity index (χ0) is 18.9. The Morgan fingerprint density at radius 1 is 1.19 bits per heavy atom.